The average molecular weight is 232 g/mol. The van der Waals surface area contributed by atoms with Crippen LogP contribution < -0.4 is 0 Å². The van der Waals surface area contributed by atoms with Gasteiger partial charge >= 0.3 is 11.9 Å². The fourth-order valence-corrected chi connectivity index (χ4v) is 0.641. The maximum absolute atomic E-state index is 11.2. The number of aliphatic hydroxyl groups is 2. The molecule has 0 heterocycles. The number of hydrogen-bond donors (Lipinski definition) is 2. The molecular formula is C10H16O6. The number of ether oxygens (including phenoxy) is 2. The predicted molar refractivity (Wildman–Crippen MR) is 54.2 cm³/mol. The first-order valence-electron chi connectivity index (χ1n) is 4.83. The van der Waals surface area contributed by atoms with Crippen molar-refractivity contribution < 1.29 is 29.3 Å². The topological polar surface area (TPSA) is 93.1 Å². The van der Waals surface area contributed by atoms with Gasteiger partial charge < -0.3 is 19.7 Å². The lowest BCUT2D eigenvalue weighted by molar-refractivity contribution is -0.156. The molecule has 16 heavy (non-hydrogen) atoms. The maximum atomic E-state index is 11.2. The number of aliphatic hydroxyl groups excluding tert-OH is 2. The molecule has 0 amide bonds. The molecule has 0 aliphatic heterocycles. The standard InChI is InChI=1S/C10H16O6/c1-3-9(13)16-10(14)7(2)5-15-6-8(12)4-11/h5,8,11-12H,3-4,6H2,1-2H3. The zero-order chi connectivity index (χ0) is 12.6. The molecule has 0 radical (unpaired) electrons. The van der Waals surface area contributed by atoms with Crippen LogP contribution >= 0.6 is 0 Å². The van der Waals surface area contributed by atoms with Gasteiger partial charge in [-0.05, 0) is 6.92 Å². The van der Waals surface area contributed by atoms with Gasteiger partial charge in [-0.3, -0.25) is 4.79 Å². The van der Waals surface area contributed by atoms with E-state index in [0.29, 0.717) is 0 Å². The largest absolute Gasteiger partial charge is 0.498 e. The van der Waals surface area contributed by atoms with Gasteiger partial charge in [0.2, 0.25) is 0 Å². The number of rotatable bonds is 6. The summed E-state index contributed by atoms with van der Waals surface area (Å²) in [6.07, 6.45) is 0.185. The van der Waals surface area contributed by atoms with Crippen molar-refractivity contribution in [1.82, 2.24) is 0 Å². The molecule has 6 heteroatoms. The van der Waals surface area contributed by atoms with E-state index in [1.165, 1.54) is 6.92 Å². The molecule has 0 aliphatic carbocycles. The van der Waals surface area contributed by atoms with E-state index in [2.05, 4.69) is 4.74 Å². The zero-order valence-electron chi connectivity index (χ0n) is 9.30. The number of hydrogen-bond acceptors (Lipinski definition) is 6. The minimum atomic E-state index is -1.00. The van der Waals surface area contributed by atoms with Crippen LogP contribution in [-0.2, 0) is 19.1 Å². The predicted octanol–water partition coefficient (Wildman–Crippen LogP) is -0.260. The Morgan fingerprint density at radius 2 is 2.06 bits per heavy atom. The molecule has 0 rings (SSSR count). The van der Waals surface area contributed by atoms with Crippen molar-refractivity contribution in [1.29, 1.82) is 0 Å². The molecule has 0 spiro atoms. The molecule has 6 nitrogen and oxygen atoms in total. The van der Waals surface area contributed by atoms with Crippen LogP contribution in [0.1, 0.15) is 20.3 Å². The zero-order valence-corrected chi connectivity index (χ0v) is 9.30. The molecule has 0 aromatic carbocycles. The molecule has 0 bridgehead atoms. The summed E-state index contributed by atoms with van der Waals surface area (Å²) in [5.41, 5.74) is 0.104. The number of carbonyl (C=O) groups is 2. The third-order valence-electron chi connectivity index (χ3n) is 1.58. The SMILES string of the molecule is CCC(=O)OC(=O)C(C)=COCC(O)CO. The van der Waals surface area contributed by atoms with Crippen molar-refractivity contribution in [3.8, 4) is 0 Å². The Kier molecular flexibility index (Phi) is 7.15. The Labute approximate surface area is 93.5 Å². The summed E-state index contributed by atoms with van der Waals surface area (Å²) in [5, 5.41) is 17.4. The third kappa shape index (κ3) is 6.15. The van der Waals surface area contributed by atoms with Crippen LogP contribution in [0.4, 0.5) is 0 Å². The molecule has 0 saturated carbocycles. The first-order valence-corrected chi connectivity index (χ1v) is 4.83. The fraction of sp³-hybridized carbons (Fsp3) is 0.600. The van der Waals surface area contributed by atoms with Crippen molar-refractivity contribution in [3.63, 3.8) is 0 Å². The summed E-state index contributed by atoms with van der Waals surface area (Å²) >= 11 is 0. The van der Waals surface area contributed by atoms with Crippen LogP contribution in [0, 0.1) is 0 Å². The van der Waals surface area contributed by atoms with Crippen molar-refractivity contribution >= 4 is 11.9 Å². The first-order chi connectivity index (χ1) is 7.51. The van der Waals surface area contributed by atoms with Gasteiger partial charge in [0.25, 0.3) is 0 Å². The molecular weight excluding hydrogens is 216 g/mol. The normalized spacial score (nSPS) is 13.1. The van der Waals surface area contributed by atoms with Crippen LogP contribution in [0.2, 0.25) is 0 Å². The van der Waals surface area contributed by atoms with Gasteiger partial charge in [-0.2, -0.15) is 0 Å². The molecule has 2 N–H and O–H groups in total. The highest BCUT2D eigenvalue weighted by molar-refractivity contribution is 5.95. The lowest BCUT2D eigenvalue weighted by Gasteiger charge is -2.06. The Balaban J connectivity index is 4.02. The van der Waals surface area contributed by atoms with Crippen LogP contribution in [0.15, 0.2) is 11.8 Å². The molecule has 0 saturated heterocycles. The van der Waals surface area contributed by atoms with Gasteiger partial charge in [-0.1, -0.05) is 6.92 Å². The summed E-state index contributed by atoms with van der Waals surface area (Å²) in [4.78, 5) is 21.9. The Hall–Kier alpha value is -1.40. The Bertz CT molecular complexity index is 270. The smallest absolute Gasteiger partial charge is 0.344 e. The second-order valence-electron chi connectivity index (χ2n) is 3.09. The molecule has 0 aromatic rings. The summed E-state index contributed by atoms with van der Waals surface area (Å²) in [7, 11) is 0. The van der Waals surface area contributed by atoms with Gasteiger partial charge in [0.15, 0.2) is 0 Å². The Morgan fingerprint density at radius 3 is 2.56 bits per heavy atom. The van der Waals surface area contributed by atoms with E-state index >= 15 is 0 Å². The second kappa shape index (κ2) is 7.84. The van der Waals surface area contributed by atoms with Crippen molar-refractivity contribution in [2.75, 3.05) is 13.2 Å². The maximum Gasteiger partial charge on any atom is 0.344 e. The number of carbonyl (C=O) groups excluding carboxylic acids is 2. The fourth-order valence-electron chi connectivity index (χ4n) is 0.641. The average Bonchev–Trinajstić information content (AvgIpc) is 2.28. The highest BCUT2D eigenvalue weighted by Gasteiger charge is 2.11. The van der Waals surface area contributed by atoms with E-state index in [0.717, 1.165) is 6.26 Å². The summed E-state index contributed by atoms with van der Waals surface area (Å²) < 4.78 is 9.21. The minimum absolute atomic E-state index is 0.104. The summed E-state index contributed by atoms with van der Waals surface area (Å²) in [6, 6.07) is 0. The van der Waals surface area contributed by atoms with E-state index in [9.17, 15) is 9.59 Å². The lowest BCUT2D eigenvalue weighted by Crippen LogP contribution is -2.18. The van der Waals surface area contributed by atoms with E-state index in [-0.39, 0.29) is 18.6 Å². The van der Waals surface area contributed by atoms with Gasteiger partial charge in [0, 0.05) is 6.42 Å². The highest BCUT2D eigenvalue weighted by atomic mass is 16.6. The summed E-state index contributed by atoms with van der Waals surface area (Å²) in [6.45, 7) is 2.42. The van der Waals surface area contributed by atoms with E-state index in [1.54, 1.807) is 6.92 Å². The molecule has 1 atom stereocenters. The van der Waals surface area contributed by atoms with Crippen LogP contribution in [-0.4, -0.2) is 41.5 Å². The first kappa shape index (κ1) is 14.6. The molecule has 0 fully saturated rings. The Morgan fingerprint density at radius 1 is 1.44 bits per heavy atom. The molecule has 0 aromatic heterocycles. The van der Waals surface area contributed by atoms with Gasteiger partial charge in [0.05, 0.1) is 18.4 Å². The second-order valence-corrected chi connectivity index (χ2v) is 3.09. The monoisotopic (exact) mass is 232 g/mol. The van der Waals surface area contributed by atoms with Crippen LogP contribution in [0.25, 0.3) is 0 Å². The quantitative estimate of drug-likeness (QED) is 0.283. The van der Waals surface area contributed by atoms with Crippen molar-refractivity contribution in [3.05, 3.63) is 11.8 Å². The van der Waals surface area contributed by atoms with Crippen molar-refractivity contribution in [2.24, 2.45) is 0 Å². The number of esters is 2. The van der Waals surface area contributed by atoms with E-state index in [1.807, 2.05) is 0 Å². The van der Waals surface area contributed by atoms with Gasteiger partial charge in [-0.25, -0.2) is 4.79 Å². The summed E-state index contributed by atoms with van der Waals surface area (Å²) in [5.74, 6) is -1.40. The van der Waals surface area contributed by atoms with Crippen LogP contribution in [0.3, 0.4) is 0 Å². The third-order valence-corrected chi connectivity index (χ3v) is 1.58. The van der Waals surface area contributed by atoms with Gasteiger partial charge in [0.1, 0.15) is 12.7 Å². The van der Waals surface area contributed by atoms with E-state index < -0.39 is 24.6 Å². The lowest BCUT2D eigenvalue weighted by atomic mass is 10.3. The molecule has 0 aliphatic rings. The van der Waals surface area contributed by atoms with Crippen LogP contribution in [0.5, 0.6) is 0 Å². The van der Waals surface area contributed by atoms with Crippen molar-refractivity contribution in [2.45, 2.75) is 26.4 Å². The minimum Gasteiger partial charge on any atom is -0.498 e. The van der Waals surface area contributed by atoms with E-state index in [4.69, 9.17) is 14.9 Å². The molecule has 1 unspecified atom stereocenters. The highest BCUT2D eigenvalue weighted by Crippen LogP contribution is 1.99. The van der Waals surface area contributed by atoms with Gasteiger partial charge in [-0.15, -0.1) is 0 Å². The molecule has 92 valence electrons.